The molecule has 0 aliphatic carbocycles. The van der Waals surface area contributed by atoms with E-state index >= 15 is 0 Å². The molecule has 0 N–H and O–H groups in total. The SMILES string of the molecule is CC(C)c1ccc(OCC(=O)N2C[C@H](C)N(Cc3ccc(F)cc3)C[C@H]2C)cc1. The van der Waals surface area contributed by atoms with E-state index in [2.05, 4.69) is 32.6 Å². The number of piperazine rings is 1. The Labute approximate surface area is 173 Å². The molecule has 0 radical (unpaired) electrons. The second-order valence-electron chi connectivity index (χ2n) is 8.31. The molecule has 1 saturated heterocycles. The smallest absolute Gasteiger partial charge is 0.260 e. The summed E-state index contributed by atoms with van der Waals surface area (Å²) in [7, 11) is 0. The van der Waals surface area contributed by atoms with Gasteiger partial charge in [0.05, 0.1) is 0 Å². The minimum absolute atomic E-state index is 0.0127. The van der Waals surface area contributed by atoms with Crippen LogP contribution < -0.4 is 4.74 Å². The monoisotopic (exact) mass is 398 g/mol. The van der Waals surface area contributed by atoms with Crippen LogP contribution in [0.4, 0.5) is 4.39 Å². The Bertz CT molecular complexity index is 805. The van der Waals surface area contributed by atoms with Crippen LogP contribution in [0.25, 0.3) is 0 Å². The molecule has 2 aromatic rings. The van der Waals surface area contributed by atoms with Crippen LogP contribution in [0.1, 0.15) is 44.7 Å². The van der Waals surface area contributed by atoms with Crippen LogP contribution in [0.3, 0.4) is 0 Å². The molecule has 1 aliphatic rings. The lowest BCUT2D eigenvalue weighted by Gasteiger charge is -2.44. The van der Waals surface area contributed by atoms with E-state index in [1.807, 2.05) is 41.3 Å². The molecule has 2 atom stereocenters. The molecule has 1 fully saturated rings. The first-order valence-corrected chi connectivity index (χ1v) is 10.3. The fourth-order valence-corrected chi connectivity index (χ4v) is 3.77. The molecule has 0 bridgehead atoms. The Morgan fingerprint density at radius 3 is 2.31 bits per heavy atom. The van der Waals surface area contributed by atoms with E-state index in [1.54, 1.807) is 0 Å². The third kappa shape index (κ3) is 5.57. The van der Waals surface area contributed by atoms with Gasteiger partial charge in [-0.3, -0.25) is 9.69 Å². The molecule has 0 aromatic heterocycles. The van der Waals surface area contributed by atoms with E-state index in [4.69, 9.17) is 4.74 Å². The Balaban J connectivity index is 1.53. The summed E-state index contributed by atoms with van der Waals surface area (Å²) in [5.41, 5.74) is 2.34. The zero-order valence-electron chi connectivity index (χ0n) is 17.8. The molecule has 1 heterocycles. The summed E-state index contributed by atoms with van der Waals surface area (Å²) < 4.78 is 18.9. The summed E-state index contributed by atoms with van der Waals surface area (Å²) in [5.74, 6) is 0.987. The quantitative estimate of drug-likeness (QED) is 0.721. The van der Waals surface area contributed by atoms with Crippen LogP contribution in [0.2, 0.25) is 0 Å². The third-order valence-corrected chi connectivity index (χ3v) is 5.64. The zero-order valence-corrected chi connectivity index (χ0v) is 17.8. The second-order valence-corrected chi connectivity index (χ2v) is 8.31. The average Bonchev–Trinajstić information content (AvgIpc) is 2.70. The summed E-state index contributed by atoms with van der Waals surface area (Å²) >= 11 is 0. The molecular weight excluding hydrogens is 367 g/mol. The number of carbonyl (C=O) groups excluding carboxylic acids is 1. The van der Waals surface area contributed by atoms with Crippen molar-refractivity contribution in [1.29, 1.82) is 0 Å². The van der Waals surface area contributed by atoms with Crippen molar-refractivity contribution in [2.45, 2.75) is 52.2 Å². The normalized spacial score (nSPS) is 20.1. The highest BCUT2D eigenvalue weighted by Crippen LogP contribution is 2.21. The van der Waals surface area contributed by atoms with E-state index in [9.17, 15) is 9.18 Å². The van der Waals surface area contributed by atoms with Crippen LogP contribution >= 0.6 is 0 Å². The molecule has 29 heavy (non-hydrogen) atoms. The summed E-state index contributed by atoms with van der Waals surface area (Å²) in [6, 6.07) is 14.9. The molecule has 156 valence electrons. The van der Waals surface area contributed by atoms with Crippen LogP contribution in [-0.2, 0) is 11.3 Å². The highest BCUT2D eigenvalue weighted by Gasteiger charge is 2.32. The molecule has 0 spiro atoms. The molecule has 5 heteroatoms. The topological polar surface area (TPSA) is 32.8 Å². The van der Waals surface area contributed by atoms with Gasteiger partial charge in [-0.15, -0.1) is 0 Å². The van der Waals surface area contributed by atoms with Gasteiger partial charge in [-0.1, -0.05) is 38.1 Å². The average molecular weight is 399 g/mol. The number of benzene rings is 2. The maximum absolute atomic E-state index is 13.1. The van der Waals surface area contributed by atoms with Gasteiger partial charge in [0, 0.05) is 31.7 Å². The van der Waals surface area contributed by atoms with Crippen molar-refractivity contribution in [3.05, 3.63) is 65.5 Å². The first-order valence-electron chi connectivity index (χ1n) is 10.3. The largest absolute Gasteiger partial charge is 0.484 e. The molecular formula is C24H31FN2O2. The van der Waals surface area contributed by atoms with Crippen molar-refractivity contribution in [1.82, 2.24) is 9.80 Å². The highest BCUT2D eigenvalue weighted by atomic mass is 19.1. The number of hydrogen-bond acceptors (Lipinski definition) is 3. The fraction of sp³-hybridized carbons (Fsp3) is 0.458. The lowest BCUT2D eigenvalue weighted by Crippen LogP contribution is -2.58. The van der Waals surface area contributed by atoms with Crippen molar-refractivity contribution >= 4 is 5.91 Å². The predicted molar refractivity (Wildman–Crippen MR) is 113 cm³/mol. The van der Waals surface area contributed by atoms with E-state index < -0.39 is 0 Å². The van der Waals surface area contributed by atoms with Gasteiger partial charge in [-0.05, 0) is 55.2 Å². The van der Waals surface area contributed by atoms with Gasteiger partial charge in [0.2, 0.25) is 0 Å². The lowest BCUT2D eigenvalue weighted by atomic mass is 10.0. The first-order chi connectivity index (χ1) is 13.8. The van der Waals surface area contributed by atoms with Crippen molar-refractivity contribution in [3.8, 4) is 5.75 Å². The van der Waals surface area contributed by atoms with Crippen molar-refractivity contribution in [3.63, 3.8) is 0 Å². The molecule has 0 saturated carbocycles. The molecule has 1 aliphatic heterocycles. The number of nitrogens with zero attached hydrogens (tertiary/aromatic N) is 2. The number of hydrogen-bond donors (Lipinski definition) is 0. The lowest BCUT2D eigenvalue weighted by molar-refractivity contribution is -0.139. The van der Waals surface area contributed by atoms with Gasteiger partial charge in [0.15, 0.2) is 6.61 Å². The second kappa shape index (κ2) is 9.40. The number of rotatable bonds is 6. The van der Waals surface area contributed by atoms with Gasteiger partial charge in [0.25, 0.3) is 5.91 Å². The number of amides is 1. The number of carbonyl (C=O) groups is 1. The summed E-state index contributed by atoms with van der Waals surface area (Å²) in [4.78, 5) is 17.0. The number of halogens is 1. The minimum atomic E-state index is -0.218. The third-order valence-electron chi connectivity index (χ3n) is 5.64. The van der Waals surface area contributed by atoms with E-state index in [0.29, 0.717) is 12.5 Å². The van der Waals surface area contributed by atoms with Crippen LogP contribution in [0.5, 0.6) is 5.75 Å². The maximum atomic E-state index is 13.1. The molecule has 2 aromatic carbocycles. The standard InChI is InChI=1S/C24H31FN2O2/c1-17(2)21-7-11-23(12-8-21)29-16-24(28)27-14-18(3)26(13-19(27)4)15-20-5-9-22(25)10-6-20/h5-12,17-19H,13-16H2,1-4H3/t18-,19+/m0/s1. The molecule has 0 unspecified atom stereocenters. The van der Waals surface area contributed by atoms with Crippen LogP contribution in [0, 0.1) is 5.82 Å². The van der Waals surface area contributed by atoms with Crippen molar-refractivity contribution in [2.24, 2.45) is 0 Å². The van der Waals surface area contributed by atoms with Crippen molar-refractivity contribution < 1.29 is 13.9 Å². The Hall–Kier alpha value is -2.40. The fourth-order valence-electron chi connectivity index (χ4n) is 3.77. The maximum Gasteiger partial charge on any atom is 0.260 e. The predicted octanol–water partition coefficient (Wildman–Crippen LogP) is 4.45. The van der Waals surface area contributed by atoms with E-state index in [1.165, 1.54) is 17.7 Å². The Morgan fingerprint density at radius 2 is 1.69 bits per heavy atom. The zero-order chi connectivity index (χ0) is 21.0. The van der Waals surface area contributed by atoms with Gasteiger partial charge in [-0.25, -0.2) is 4.39 Å². The van der Waals surface area contributed by atoms with Gasteiger partial charge >= 0.3 is 0 Å². The van der Waals surface area contributed by atoms with Gasteiger partial charge in [0.1, 0.15) is 11.6 Å². The van der Waals surface area contributed by atoms with Crippen molar-refractivity contribution in [2.75, 3.05) is 19.7 Å². The van der Waals surface area contributed by atoms with E-state index in [0.717, 1.165) is 24.4 Å². The summed E-state index contributed by atoms with van der Waals surface area (Å²) in [5, 5.41) is 0. The van der Waals surface area contributed by atoms with Crippen LogP contribution in [-0.4, -0.2) is 47.5 Å². The van der Waals surface area contributed by atoms with Gasteiger partial charge in [-0.2, -0.15) is 0 Å². The van der Waals surface area contributed by atoms with Gasteiger partial charge < -0.3 is 9.64 Å². The van der Waals surface area contributed by atoms with Crippen LogP contribution in [0.15, 0.2) is 48.5 Å². The Morgan fingerprint density at radius 1 is 1.03 bits per heavy atom. The minimum Gasteiger partial charge on any atom is -0.484 e. The highest BCUT2D eigenvalue weighted by molar-refractivity contribution is 5.78. The van der Waals surface area contributed by atoms with E-state index in [-0.39, 0.29) is 30.4 Å². The Kier molecular flexibility index (Phi) is 6.91. The number of ether oxygens (including phenoxy) is 1. The first kappa shape index (κ1) is 21.3. The molecule has 3 rings (SSSR count). The molecule has 1 amide bonds. The molecule has 4 nitrogen and oxygen atoms in total. The summed E-state index contributed by atoms with van der Waals surface area (Å²) in [6.45, 7) is 10.8. The summed E-state index contributed by atoms with van der Waals surface area (Å²) in [6.07, 6.45) is 0.